The standard InChI is InChI=1S/C16H22N4/c1-16(2,3)11-18-14-10-13(17-4)19-15(20-14)12-8-6-5-7-9-12/h5-10H,11H2,1-4H3,(H2,17,18,19,20). The van der Waals surface area contributed by atoms with Gasteiger partial charge in [0.1, 0.15) is 11.6 Å². The predicted molar refractivity (Wildman–Crippen MR) is 85.0 cm³/mol. The molecule has 106 valence electrons. The van der Waals surface area contributed by atoms with Gasteiger partial charge in [-0.2, -0.15) is 0 Å². The third-order valence-electron chi connectivity index (χ3n) is 2.81. The summed E-state index contributed by atoms with van der Waals surface area (Å²) in [6, 6.07) is 11.9. The first-order valence-corrected chi connectivity index (χ1v) is 6.84. The second kappa shape index (κ2) is 5.90. The summed E-state index contributed by atoms with van der Waals surface area (Å²) in [5, 5.41) is 6.46. The van der Waals surface area contributed by atoms with Crippen LogP contribution in [0.3, 0.4) is 0 Å². The largest absolute Gasteiger partial charge is 0.373 e. The molecule has 0 radical (unpaired) electrons. The average Bonchev–Trinajstić information content (AvgIpc) is 2.45. The number of nitrogens with one attached hydrogen (secondary N) is 2. The van der Waals surface area contributed by atoms with E-state index in [1.165, 1.54) is 0 Å². The maximum atomic E-state index is 4.59. The van der Waals surface area contributed by atoms with Gasteiger partial charge < -0.3 is 10.6 Å². The van der Waals surface area contributed by atoms with Crippen LogP contribution < -0.4 is 10.6 Å². The Labute approximate surface area is 120 Å². The van der Waals surface area contributed by atoms with Gasteiger partial charge in [-0.1, -0.05) is 51.1 Å². The number of hydrogen-bond acceptors (Lipinski definition) is 4. The predicted octanol–water partition coefficient (Wildman–Crippen LogP) is 3.64. The minimum absolute atomic E-state index is 0.206. The van der Waals surface area contributed by atoms with Gasteiger partial charge in [0.05, 0.1) is 0 Å². The van der Waals surface area contributed by atoms with Crippen molar-refractivity contribution in [3.8, 4) is 11.4 Å². The molecule has 0 aliphatic carbocycles. The van der Waals surface area contributed by atoms with Crippen LogP contribution >= 0.6 is 0 Å². The first kappa shape index (κ1) is 14.3. The zero-order valence-corrected chi connectivity index (χ0v) is 12.6. The van der Waals surface area contributed by atoms with E-state index in [2.05, 4.69) is 41.4 Å². The Morgan fingerprint density at radius 2 is 1.65 bits per heavy atom. The number of benzene rings is 1. The molecule has 2 rings (SSSR count). The van der Waals surface area contributed by atoms with E-state index < -0.39 is 0 Å². The van der Waals surface area contributed by atoms with Crippen LogP contribution in [0.4, 0.5) is 11.6 Å². The quantitative estimate of drug-likeness (QED) is 0.890. The molecule has 0 saturated carbocycles. The Hall–Kier alpha value is -2.10. The molecule has 2 aromatic rings. The molecule has 4 nitrogen and oxygen atoms in total. The highest BCUT2D eigenvalue weighted by atomic mass is 15.1. The summed E-state index contributed by atoms with van der Waals surface area (Å²) in [7, 11) is 1.87. The normalized spacial score (nSPS) is 11.2. The van der Waals surface area contributed by atoms with Crippen LogP contribution in [0.2, 0.25) is 0 Å². The third kappa shape index (κ3) is 3.95. The molecule has 0 spiro atoms. The monoisotopic (exact) mass is 270 g/mol. The summed E-state index contributed by atoms with van der Waals surface area (Å²) in [5.41, 5.74) is 1.22. The molecule has 4 heteroatoms. The first-order chi connectivity index (χ1) is 9.48. The molecule has 0 aliphatic rings. The zero-order chi connectivity index (χ0) is 14.6. The minimum Gasteiger partial charge on any atom is -0.373 e. The Morgan fingerprint density at radius 1 is 1.00 bits per heavy atom. The lowest BCUT2D eigenvalue weighted by atomic mass is 9.97. The number of rotatable bonds is 4. The van der Waals surface area contributed by atoms with Crippen LogP contribution in [-0.4, -0.2) is 23.6 Å². The summed E-state index contributed by atoms with van der Waals surface area (Å²) in [6.45, 7) is 7.44. The van der Waals surface area contributed by atoms with E-state index in [9.17, 15) is 0 Å². The highest BCUT2D eigenvalue weighted by Crippen LogP contribution is 2.21. The molecule has 0 atom stereocenters. The smallest absolute Gasteiger partial charge is 0.163 e. The van der Waals surface area contributed by atoms with Gasteiger partial charge in [0, 0.05) is 25.2 Å². The molecule has 0 saturated heterocycles. The number of hydrogen-bond donors (Lipinski definition) is 2. The summed E-state index contributed by atoms with van der Waals surface area (Å²) in [4.78, 5) is 9.10. The van der Waals surface area contributed by atoms with Gasteiger partial charge in [0.25, 0.3) is 0 Å². The first-order valence-electron chi connectivity index (χ1n) is 6.84. The molecule has 0 amide bonds. The second-order valence-electron chi connectivity index (χ2n) is 5.99. The summed E-state index contributed by atoms with van der Waals surface area (Å²) in [5.74, 6) is 2.39. The number of anilines is 2. The van der Waals surface area contributed by atoms with Gasteiger partial charge in [-0.05, 0) is 5.41 Å². The van der Waals surface area contributed by atoms with E-state index in [0.717, 1.165) is 29.6 Å². The van der Waals surface area contributed by atoms with Crippen molar-refractivity contribution >= 4 is 11.6 Å². The van der Waals surface area contributed by atoms with Gasteiger partial charge in [0.2, 0.25) is 0 Å². The number of nitrogens with zero attached hydrogens (tertiary/aromatic N) is 2. The SMILES string of the molecule is CNc1cc(NCC(C)(C)C)nc(-c2ccccc2)n1. The van der Waals surface area contributed by atoms with E-state index in [1.807, 2.05) is 43.4 Å². The fraction of sp³-hybridized carbons (Fsp3) is 0.375. The fourth-order valence-electron chi connectivity index (χ4n) is 1.74. The van der Waals surface area contributed by atoms with Crippen LogP contribution in [0.5, 0.6) is 0 Å². The van der Waals surface area contributed by atoms with E-state index in [0.29, 0.717) is 0 Å². The topological polar surface area (TPSA) is 49.8 Å². The fourth-order valence-corrected chi connectivity index (χ4v) is 1.74. The maximum Gasteiger partial charge on any atom is 0.163 e. The van der Waals surface area contributed by atoms with E-state index in [1.54, 1.807) is 0 Å². The lowest BCUT2D eigenvalue weighted by Crippen LogP contribution is -2.19. The Bertz CT molecular complexity index is 558. The Kier molecular flexibility index (Phi) is 4.23. The van der Waals surface area contributed by atoms with Crippen molar-refractivity contribution in [3.63, 3.8) is 0 Å². The van der Waals surface area contributed by atoms with Crippen LogP contribution in [0.25, 0.3) is 11.4 Å². The van der Waals surface area contributed by atoms with Gasteiger partial charge >= 0.3 is 0 Å². The Morgan fingerprint density at radius 3 is 2.25 bits per heavy atom. The lowest BCUT2D eigenvalue weighted by Gasteiger charge is -2.19. The molecule has 0 fully saturated rings. The lowest BCUT2D eigenvalue weighted by molar-refractivity contribution is 0.442. The van der Waals surface area contributed by atoms with Crippen molar-refractivity contribution in [3.05, 3.63) is 36.4 Å². The van der Waals surface area contributed by atoms with Crippen molar-refractivity contribution in [1.29, 1.82) is 0 Å². The summed E-state index contributed by atoms with van der Waals surface area (Å²) >= 11 is 0. The Balaban J connectivity index is 2.30. The number of aromatic nitrogens is 2. The van der Waals surface area contributed by atoms with Crippen molar-refractivity contribution in [1.82, 2.24) is 9.97 Å². The zero-order valence-electron chi connectivity index (χ0n) is 12.6. The van der Waals surface area contributed by atoms with E-state index in [-0.39, 0.29) is 5.41 Å². The maximum absolute atomic E-state index is 4.59. The van der Waals surface area contributed by atoms with Crippen LogP contribution in [0, 0.1) is 5.41 Å². The average molecular weight is 270 g/mol. The van der Waals surface area contributed by atoms with Crippen LogP contribution in [0.1, 0.15) is 20.8 Å². The van der Waals surface area contributed by atoms with Gasteiger partial charge in [-0.15, -0.1) is 0 Å². The molecule has 0 unspecified atom stereocenters. The molecule has 1 aromatic heterocycles. The van der Waals surface area contributed by atoms with Gasteiger partial charge in [-0.25, -0.2) is 9.97 Å². The van der Waals surface area contributed by atoms with Crippen molar-refractivity contribution in [2.24, 2.45) is 5.41 Å². The second-order valence-corrected chi connectivity index (χ2v) is 5.99. The molecule has 0 aliphatic heterocycles. The molecule has 1 heterocycles. The summed E-state index contributed by atoms with van der Waals surface area (Å²) in [6.07, 6.45) is 0. The van der Waals surface area contributed by atoms with Gasteiger partial charge in [0.15, 0.2) is 5.82 Å². The molecule has 20 heavy (non-hydrogen) atoms. The van der Waals surface area contributed by atoms with Crippen molar-refractivity contribution < 1.29 is 0 Å². The summed E-state index contributed by atoms with van der Waals surface area (Å²) < 4.78 is 0. The molecule has 2 N–H and O–H groups in total. The third-order valence-corrected chi connectivity index (χ3v) is 2.81. The molecule has 1 aromatic carbocycles. The van der Waals surface area contributed by atoms with Crippen molar-refractivity contribution in [2.75, 3.05) is 24.2 Å². The molecular weight excluding hydrogens is 248 g/mol. The van der Waals surface area contributed by atoms with Crippen LogP contribution in [0.15, 0.2) is 36.4 Å². The molecule has 0 bridgehead atoms. The highest BCUT2D eigenvalue weighted by Gasteiger charge is 2.11. The minimum atomic E-state index is 0.206. The van der Waals surface area contributed by atoms with E-state index in [4.69, 9.17) is 0 Å². The highest BCUT2D eigenvalue weighted by molar-refractivity contribution is 5.61. The van der Waals surface area contributed by atoms with Gasteiger partial charge in [-0.3, -0.25) is 0 Å². The van der Waals surface area contributed by atoms with E-state index >= 15 is 0 Å². The molecular formula is C16H22N4. The van der Waals surface area contributed by atoms with Crippen LogP contribution in [-0.2, 0) is 0 Å². The van der Waals surface area contributed by atoms with Crippen molar-refractivity contribution in [2.45, 2.75) is 20.8 Å².